The average Bonchev–Trinajstić information content (AvgIpc) is 2.75. The number of aromatic nitrogens is 2. The molecule has 0 spiro atoms. The van der Waals surface area contributed by atoms with Crippen molar-refractivity contribution in [1.29, 1.82) is 0 Å². The molecule has 0 amide bonds. The van der Waals surface area contributed by atoms with Crippen molar-refractivity contribution < 1.29 is 9.53 Å². The number of aryl methyl sites for hydroxylation is 1. The second-order valence-electron chi connectivity index (χ2n) is 3.66. The Bertz CT molecular complexity index is 393. The predicted molar refractivity (Wildman–Crippen MR) is 59.2 cm³/mol. The average molecular weight is 221 g/mol. The molecule has 86 valence electrons. The first-order chi connectivity index (χ1) is 7.81. The zero-order valence-corrected chi connectivity index (χ0v) is 9.32. The van der Waals surface area contributed by atoms with Crippen LogP contribution in [0.15, 0.2) is 6.33 Å². The van der Waals surface area contributed by atoms with Crippen LogP contribution in [0.3, 0.4) is 0 Å². The molecule has 0 unspecified atom stereocenters. The zero-order chi connectivity index (χ0) is 11.4. The first-order valence-corrected chi connectivity index (χ1v) is 5.53. The van der Waals surface area contributed by atoms with Gasteiger partial charge >= 0.3 is 5.97 Å². The molecule has 2 rings (SSSR count). The van der Waals surface area contributed by atoms with Gasteiger partial charge in [-0.2, -0.15) is 0 Å². The smallest absolute Gasteiger partial charge is 0.325 e. The number of anilines is 1. The van der Waals surface area contributed by atoms with Crippen LogP contribution in [0.1, 0.15) is 24.6 Å². The summed E-state index contributed by atoms with van der Waals surface area (Å²) in [5, 5.41) is 3.00. The van der Waals surface area contributed by atoms with E-state index < -0.39 is 0 Å². The van der Waals surface area contributed by atoms with Crippen molar-refractivity contribution in [2.24, 2.45) is 0 Å². The molecule has 1 aliphatic carbocycles. The van der Waals surface area contributed by atoms with Crippen molar-refractivity contribution in [2.45, 2.75) is 26.2 Å². The molecule has 0 bridgehead atoms. The summed E-state index contributed by atoms with van der Waals surface area (Å²) < 4.78 is 4.84. The lowest BCUT2D eigenvalue weighted by atomic mass is 10.2. The third kappa shape index (κ3) is 2.29. The molecule has 0 fully saturated rings. The van der Waals surface area contributed by atoms with Crippen molar-refractivity contribution in [3.63, 3.8) is 0 Å². The van der Waals surface area contributed by atoms with E-state index in [1.54, 1.807) is 6.92 Å². The molecule has 5 nitrogen and oxygen atoms in total. The monoisotopic (exact) mass is 221 g/mol. The Morgan fingerprint density at radius 1 is 1.50 bits per heavy atom. The van der Waals surface area contributed by atoms with Gasteiger partial charge in [0.2, 0.25) is 0 Å². The molecule has 1 aromatic heterocycles. The lowest BCUT2D eigenvalue weighted by molar-refractivity contribution is -0.140. The van der Waals surface area contributed by atoms with E-state index in [4.69, 9.17) is 4.74 Å². The van der Waals surface area contributed by atoms with Gasteiger partial charge in [-0.05, 0) is 26.2 Å². The summed E-state index contributed by atoms with van der Waals surface area (Å²) in [6, 6.07) is 0. The van der Waals surface area contributed by atoms with Gasteiger partial charge in [0.1, 0.15) is 18.7 Å². The molecule has 0 aromatic carbocycles. The minimum atomic E-state index is -0.257. The second-order valence-corrected chi connectivity index (χ2v) is 3.66. The Kier molecular flexibility index (Phi) is 3.34. The standard InChI is InChI=1S/C11H15N3O2/c1-2-16-10(15)6-12-11-8-4-3-5-9(8)13-7-14-11/h7H,2-6H2,1H3,(H,12,13,14). The Balaban J connectivity index is 2.00. The molecule has 0 aliphatic heterocycles. The van der Waals surface area contributed by atoms with Crippen LogP contribution in [-0.4, -0.2) is 29.1 Å². The molecule has 0 atom stereocenters. The summed E-state index contributed by atoms with van der Waals surface area (Å²) in [6.07, 6.45) is 4.65. The third-order valence-corrected chi connectivity index (χ3v) is 2.58. The molecule has 1 heterocycles. The largest absolute Gasteiger partial charge is 0.465 e. The summed E-state index contributed by atoms with van der Waals surface area (Å²) >= 11 is 0. The van der Waals surface area contributed by atoms with Crippen molar-refractivity contribution >= 4 is 11.8 Å². The van der Waals surface area contributed by atoms with Gasteiger partial charge in [-0.25, -0.2) is 9.97 Å². The number of nitrogens with one attached hydrogen (secondary N) is 1. The maximum absolute atomic E-state index is 11.2. The van der Waals surface area contributed by atoms with E-state index in [-0.39, 0.29) is 12.5 Å². The number of rotatable bonds is 4. The molecule has 1 aliphatic rings. The number of esters is 1. The fourth-order valence-corrected chi connectivity index (χ4v) is 1.88. The van der Waals surface area contributed by atoms with Gasteiger partial charge in [0.05, 0.1) is 6.61 Å². The third-order valence-electron chi connectivity index (χ3n) is 2.58. The van der Waals surface area contributed by atoms with E-state index in [9.17, 15) is 4.79 Å². The number of fused-ring (bicyclic) bond motifs is 1. The molecule has 5 heteroatoms. The van der Waals surface area contributed by atoms with Gasteiger partial charge in [0, 0.05) is 11.3 Å². The SMILES string of the molecule is CCOC(=O)CNc1ncnc2c1CCC2. The maximum atomic E-state index is 11.2. The van der Waals surface area contributed by atoms with Crippen molar-refractivity contribution in [2.75, 3.05) is 18.5 Å². The van der Waals surface area contributed by atoms with Crippen molar-refractivity contribution in [3.8, 4) is 0 Å². The van der Waals surface area contributed by atoms with Gasteiger partial charge in [-0.3, -0.25) is 4.79 Å². The molecule has 0 saturated carbocycles. The van der Waals surface area contributed by atoms with Crippen LogP contribution in [-0.2, 0) is 22.4 Å². The highest BCUT2D eigenvalue weighted by atomic mass is 16.5. The van der Waals surface area contributed by atoms with Gasteiger partial charge in [0.25, 0.3) is 0 Å². The Morgan fingerprint density at radius 2 is 2.38 bits per heavy atom. The molecule has 1 N–H and O–H groups in total. The number of nitrogens with zero attached hydrogens (tertiary/aromatic N) is 2. The fourth-order valence-electron chi connectivity index (χ4n) is 1.88. The normalized spacial score (nSPS) is 13.3. The van der Waals surface area contributed by atoms with Crippen molar-refractivity contribution in [1.82, 2.24) is 9.97 Å². The summed E-state index contributed by atoms with van der Waals surface area (Å²) in [5.74, 6) is 0.517. The number of ether oxygens (including phenoxy) is 1. The minimum Gasteiger partial charge on any atom is -0.465 e. The van der Waals surface area contributed by atoms with E-state index in [1.165, 1.54) is 6.33 Å². The first-order valence-electron chi connectivity index (χ1n) is 5.53. The highest BCUT2D eigenvalue weighted by Crippen LogP contribution is 2.24. The molecular weight excluding hydrogens is 206 g/mol. The van der Waals surface area contributed by atoms with E-state index in [1.807, 2.05) is 0 Å². The van der Waals surface area contributed by atoms with E-state index in [2.05, 4.69) is 15.3 Å². The van der Waals surface area contributed by atoms with Crippen LogP contribution in [0.4, 0.5) is 5.82 Å². The van der Waals surface area contributed by atoms with Crippen LogP contribution in [0, 0.1) is 0 Å². The van der Waals surface area contributed by atoms with E-state index >= 15 is 0 Å². The van der Waals surface area contributed by atoms with Gasteiger partial charge in [-0.1, -0.05) is 0 Å². The molecule has 0 saturated heterocycles. The molecular formula is C11H15N3O2. The van der Waals surface area contributed by atoms with Crippen LogP contribution in [0.5, 0.6) is 0 Å². The highest BCUT2D eigenvalue weighted by molar-refractivity contribution is 5.74. The quantitative estimate of drug-likeness (QED) is 0.766. The maximum Gasteiger partial charge on any atom is 0.325 e. The van der Waals surface area contributed by atoms with E-state index in [0.717, 1.165) is 36.3 Å². The van der Waals surface area contributed by atoms with Gasteiger partial charge in [0.15, 0.2) is 0 Å². The van der Waals surface area contributed by atoms with Gasteiger partial charge in [-0.15, -0.1) is 0 Å². The van der Waals surface area contributed by atoms with E-state index in [0.29, 0.717) is 6.61 Å². The van der Waals surface area contributed by atoms with Crippen LogP contribution in [0.2, 0.25) is 0 Å². The van der Waals surface area contributed by atoms with Gasteiger partial charge < -0.3 is 10.1 Å². The van der Waals surface area contributed by atoms with Crippen LogP contribution in [0.25, 0.3) is 0 Å². The number of carbonyl (C=O) groups excluding carboxylic acids is 1. The summed E-state index contributed by atoms with van der Waals surface area (Å²) in [7, 11) is 0. The fraction of sp³-hybridized carbons (Fsp3) is 0.545. The molecule has 0 radical (unpaired) electrons. The predicted octanol–water partition coefficient (Wildman–Crippen LogP) is 0.940. The van der Waals surface area contributed by atoms with Crippen molar-refractivity contribution in [3.05, 3.63) is 17.6 Å². The number of hydrogen-bond donors (Lipinski definition) is 1. The van der Waals surface area contributed by atoms with Crippen LogP contribution < -0.4 is 5.32 Å². The van der Waals surface area contributed by atoms with Crippen LogP contribution >= 0.6 is 0 Å². The Hall–Kier alpha value is -1.65. The number of carbonyl (C=O) groups is 1. The first kappa shape index (κ1) is 10.9. The Labute approximate surface area is 94.2 Å². The topological polar surface area (TPSA) is 64.1 Å². The molecule has 16 heavy (non-hydrogen) atoms. The lowest BCUT2D eigenvalue weighted by Gasteiger charge is -2.08. The minimum absolute atomic E-state index is 0.164. The second kappa shape index (κ2) is 4.92. The Morgan fingerprint density at radius 3 is 3.19 bits per heavy atom. The zero-order valence-electron chi connectivity index (χ0n) is 9.32. The summed E-state index contributed by atoms with van der Waals surface area (Å²) in [4.78, 5) is 19.6. The molecule has 1 aromatic rings. The number of hydrogen-bond acceptors (Lipinski definition) is 5. The summed E-state index contributed by atoms with van der Waals surface area (Å²) in [6.45, 7) is 2.36. The highest BCUT2D eigenvalue weighted by Gasteiger charge is 2.17. The lowest BCUT2D eigenvalue weighted by Crippen LogP contribution is -2.18. The summed E-state index contributed by atoms with van der Waals surface area (Å²) in [5.41, 5.74) is 2.24.